The zero-order valence-corrected chi connectivity index (χ0v) is 11.2. The second-order valence-electron chi connectivity index (χ2n) is 3.61. The number of rotatable bonds is 5. The number of pyridine rings is 1. The third kappa shape index (κ3) is 4.00. The summed E-state index contributed by atoms with van der Waals surface area (Å²) in [5.74, 6) is -0.520. The molecule has 0 aliphatic heterocycles. The van der Waals surface area contributed by atoms with Gasteiger partial charge in [0.25, 0.3) is 5.91 Å². The molecule has 0 bridgehead atoms. The van der Waals surface area contributed by atoms with Gasteiger partial charge in [0.05, 0.1) is 6.54 Å². The van der Waals surface area contributed by atoms with Crippen molar-refractivity contribution in [2.75, 3.05) is 19.6 Å². The van der Waals surface area contributed by atoms with Crippen LogP contribution in [0.25, 0.3) is 0 Å². The minimum Gasteiger partial charge on any atom is -0.342 e. The van der Waals surface area contributed by atoms with E-state index in [9.17, 15) is 9.59 Å². The minimum absolute atomic E-state index is 0.0330. The van der Waals surface area contributed by atoms with Crippen molar-refractivity contribution in [3.05, 3.63) is 29.0 Å². The number of amides is 2. The Morgan fingerprint density at radius 3 is 2.61 bits per heavy atom. The topological polar surface area (TPSA) is 62.3 Å². The van der Waals surface area contributed by atoms with Crippen molar-refractivity contribution in [3.8, 4) is 0 Å². The molecule has 1 rings (SSSR count). The standard InChI is InChI=1S/C12H16ClN3O2/c1-3-16(4-2)11(17)8-15-12(18)10-7-9(13)5-6-14-10/h5-7H,3-4,8H2,1-2H3,(H,15,18). The Morgan fingerprint density at radius 2 is 2.06 bits per heavy atom. The normalized spacial score (nSPS) is 9.94. The van der Waals surface area contributed by atoms with Crippen LogP contribution in [0.5, 0.6) is 0 Å². The molecule has 0 aliphatic carbocycles. The molecule has 18 heavy (non-hydrogen) atoms. The average molecular weight is 270 g/mol. The van der Waals surface area contributed by atoms with Crippen LogP contribution >= 0.6 is 11.6 Å². The molecule has 0 aliphatic rings. The molecule has 2 amide bonds. The Hall–Kier alpha value is -1.62. The summed E-state index contributed by atoms with van der Waals surface area (Å²) in [6, 6.07) is 3.04. The van der Waals surface area contributed by atoms with E-state index in [1.165, 1.54) is 12.3 Å². The van der Waals surface area contributed by atoms with E-state index < -0.39 is 5.91 Å². The summed E-state index contributed by atoms with van der Waals surface area (Å²) in [6.45, 7) is 5.00. The number of likely N-dealkylation sites (N-methyl/N-ethyl adjacent to an activating group) is 1. The minimum atomic E-state index is -0.405. The number of halogens is 1. The van der Waals surface area contributed by atoms with Crippen LogP contribution in [-0.4, -0.2) is 41.3 Å². The average Bonchev–Trinajstić information content (AvgIpc) is 2.37. The third-order valence-electron chi connectivity index (χ3n) is 2.47. The molecule has 0 aromatic carbocycles. The maximum absolute atomic E-state index is 11.7. The molecule has 0 spiro atoms. The fraction of sp³-hybridized carbons (Fsp3) is 0.417. The molecule has 98 valence electrons. The Kier molecular flexibility index (Phi) is 5.58. The first-order valence-electron chi connectivity index (χ1n) is 5.76. The summed E-state index contributed by atoms with van der Waals surface area (Å²) in [5, 5.41) is 2.96. The monoisotopic (exact) mass is 269 g/mol. The van der Waals surface area contributed by atoms with Gasteiger partial charge in [-0.05, 0) is 26.0 Å². The van der Waals surface area contributed by atoms with Crippen LogP contribution in [0.3, 0.4) is 0 Å². The number of carbonyl (C=O) groups excluding carboxylic acids is 2. The molecule has 6 heteroatoms. The number of hydrogen-bond donors (Lipinski definition) is 1. The van der Waals surface area contributed by atoms with Crippen LogP contribution in [0.4, 0.5) is 0 Å². The van der Waals surface area contributed by atoms with E-state index in [1.807, 2.05) is 13.8 Å². The van der Waals surface area contributed by atoms with Gasteiger partial charge in [-0.25, -0.2) is 0 Å². The highest BCUT2D eigenvalue weighted by Gasteiger charge is 2.12. The molecular formula is C12H16ClN3O2. The van der Waals surface area contributed by atoms with Crippen LogP contribution in [0, 0.1) is 0 Å². The van der Waals surface area contributed by atoms with Gasteiger partial charge in [0.15, 0.2) is 0 Å². The largest absolute Gasteiger partial charge is 0.342 e. The first-order valence-corrected chi connectivity index (χ1v) is 6.13. The number of nitrogens with zero attached hydrogens (tertiary/aromatic N) is 2. The first-order chi connectivity index (χ1) is 8.58. The van der Waals surface area contributed by atoms with Gasteiger partial charge in [-0.3, -0.25) is 14.6 Å². The molecule has 0 atom stereocenters. The molecule has 0 fully saturated rings. The highest BCUT2D eigenvalue weighted by molar-refractivity contribution is 6.30. The van der Waals surface area contributed by atoms with Gasteiger partial charge in [-0.15, -0.1) is 0 Å². The van der Waals surface area contributed by atoms with Crippen molar-refractivity contribution in [3.63, 3.8) is 0 Å². The van der Waals surface area contributed by atoms with Crippen LogP contribution in [0.15, 0.2) is 18.3 Å². The Bertz CT molecular complexity index is 433. The SMILES string of the molecule is CCN(CC)C(=O)CNC(=O)c1cc(Cl)ccn1. The summed E-state index contributed by atoms with van der Waals surface area (Å²) in [7, 11) is 0. The second-order valence-corrected chi connectivity index (χ2v) is 4.04. The maximum atomic E-state index is 11.7. The van der Waals surface area contributed by atoms with Crippen molar-refractivity contribution in [2.45, 2.75) is 13.8 Å². The molecule has 1 aromatic rings. The van der Waals surface area contributed by atoms with Gasteiger partial charge in [-0.2, -0.15) is 0 Å². The summed E-state index contributed by atoms with van der Waals surface area (Å²) in [5.41, 5.74) is 0.204. The highest BCUT2D eigenvalue weighted by atomic mass is 35.5. The number of carbonyl (C=O) groups is 2. The summed E-state index contributed by atoms with van der Waals surface area (Å²) in [4.78, 5) is 28.9. The van der Waals surface area contributed by atoms with Gasteiger partial charge in [-0.1, -0.05) is 11.6 Å². The zero-order valence-electron chi connectivity index (χ0n) is 10.4. The lowest BCUT2D eigenvalue weighted by Gasteiger charge is -2.18. The van der Waals surface area contributed by atoms with Gasteiger partial charge in [0.2, 0.25) is 5.91 Å². The molecule has 5 nitrogen and oxygen atoms in total. The van der Waals surface area contributed by atoms with Crippen molar-refractivity contribution in [1.29, 1.82) is 0 Å². The quantitative estimate of drug-likeness (QED) is 0.877. The fourth-order valence-corrected chi connectivity index (χ4v) is 1.62. The van der Waals surface area contributed by atoms with E-state index in [0.29, 0.717) is 18.1 Å². The fourth-order valence-electron chi connectivity index (χ4n) is 1.46. The van der Waals surface area contributed by atoms with Crippen LogP contribution < -0.4 is 5.32 Å². The van der Waals surface area contributed by atoms with Gasteiger partial charge >= 0.3 is 0 Å². The predicted octanol–water partition coefficient (Wildman–Crippen LogP) is 1.33. The van der Waals surface area contributed by atoms with Gasteiger partial charge in [0.1, 0.15) is 5.69 Å². The Labute approximate surface area is 111 Å². The molecular weight excluding hydrogens is 254 g/mol. The lowest BCUT2D eigenvalue weighted by atomic mass is 10.3. The van der Waals surface area contributed by atoms with E-state index in [1.54, 1.807) is 11.0 Å². The summed E-state index contributed by atoms with van der Waals surface area (Å²) in [6.07, 6.45) is 1.45. The molecule has 1 heterocycles. The lowest BCUT2D eigenvalue weighted by Crippen LogP contribution is -2.40. The predicted molar refractivity (Wildman–Crippen MR) is 69.5 cm³/mol. The van der Waals surface area contributed by atoms with E-state index >= 15 is 0 Å². The summed E-state index contributed by atoms with van der Waals surface area (Å²) >= 11 is 5.75. The number of aromatic nitrogens is 1. The summed E-state index contributed by atoms with van der Waals surface area (Å²) < 4.78 is 0. The Balaban J connectivity index is 2.54. The molecule has 0 radical (unpaired) electrons. The van der Waals surface area contributed by atoms with Crippen molar-refractivity contribution >= 4 is 23.4 Å². The molecule has 0 saturated carbocycles. The van der Waals surface area contributed by atoms with Gasteiger partial charge < -0.3 is 10.2 Å². The van der Waals surface area contributed by atoms with Crippen LogP contribution in [0.2, 0.25) is 5.02 Å². The van der Waals surface area contributed by atoms with E-state index in [2.05, 4.69) is 10.3 Å². The van der Waals surface area contributed by atoms with Gasteiger partial charge in [0, 0.05) is 24.3 Å². The molecule has 1 aromatic heterocycles. The van der Waals surface area contributed by atoms with Crippen molar-refractivity contribution < 1.29 is 9.59 Å². The molecule has 0 saturated heterocycles. The smallest absolute Gasteiger partial charge is 0.270 e. The zero-order chi connectivity index (χ0) is 13.5. The van der Waals surface area contributed by atoms with Crippen molar-refractivity contribution in [1.82, 2.24) is 15.2 Å². The third-order valence-corrected chi connectivity index (χ3v) is 2.71. The van der Waals surface area contributed by atoms with Crippen molar-refractivity contribution in [2.24, 2.45) is 0 Å². The van der Waals surface area contributed by atoms with Crippen LogP contribution in [0.1, 0.15) is 24.3 Å². The lowest BCUT2D eigenvalue weighted by molar-refractivity contribution is -0.129. The van der Waals surface area contributed by atoms with E-state index in [-0.39, 0.29) is 18.1 Å². The highest BCUT2D eigenvalue weighted by Crippen LogP contribution is 2.07. The Morgan fingerprint density at radius 1 is 1.39 bits per heavy atom. The second kappa shape index (κ2) is 6.96. The number of nitrogens with one attached hydrogen (secondary N) is 1. The van der Waals surface area contributed by atoms with E-state index in [4.69, 9.17) is 11.6 Å². The number of hydrogen-bond acceptors (Lipinski definition) is 3. The first kappa shape index (κ1) is 14.4. The van der Waals surface area contributed by atoms with Crippen LogP contribution in [-0.2, 0) is 4.79 Å². The maximum Gasteiger partial charge on any atom is 0.270 e. The molecule has 0 unspecified atom stereocenters. The molecule has 1 N–H and O–H groups in total. The van der Waals surface area contributed by atoms with E-state index in [0.717, 1.165) is 0 Å².